The average molecular weight is 450 g/mol. The van der Waals surface area contributed by atoms with Crippen molar-refractivity contribution in [3.63, 3.8) is 0 Å². The number of rotatable bonds is 8. The molecule has 1 N–H and O–H groups in total. The highest BCUT2D eigenvalue weighted by Crippen LogP contribution is 2.16. The maximum Gasteiger partial charge on any atom is 0.347 e. The lowest BCUT2D eigenvalue weighted by Gasteiger charge is -2.33. The summed E-state index contributed by atoms with van der Waals surface area (Å²) in [4.78, 5) is 28.2. The number of likely N-dealkylation sites (tertiary alicyclic amines) is 1. The molecule has 33 heavy (non-hydrogen) atoms. The van der Waals surface area contributed by atoms with Crippen LogP contribution in [0.3, 0.4) is 0 Å². The van der Waals surface area contributed by atoms with E-state index in [2.05, 4.69) is 39.6 Å². The normalized spacial score (nSPS) is 16.5. The van der Waals surface area contributed by atoms with Crippen LogP contribution in [0.15, 0.2) is 64.2 Å². The van der Waals surface area contributed by atoms with Crippen molar-refractivity contribution in [2.24, 2.45) is 0 Å². The molecular formula is C25H31N5O3. The number of benzene rings is 2. The summed E-state index contributed by atoms with van der Waals surface area (Å²) in [6.07, 6.45) is 1.99. The van der Waals surface area contributed by atoms with E-state index >= 15 is 0 Å². The van der Waals surface area contributed by atoms with E-state index < -0.39 is 5.69 Å². The van der Waals surface area contributed by atoms with Gasteiger partial charge in [0.15, 0.2) is 0 Å². The van der Waals surface area contributed by atoms with E-state index in [9.17, 15) is 9.59 Å². The first-order valence-electron chi connectivity index (χ1n) is 11.4. The van der Waals surface area contributed by atoms with Gasteiger partial charge in [-0.1, -0.05) is 42.5 Å². The second-order valence-electron chi connectivity index (χ2n) is 8.39. The van der Waals surface area contributed by atoms with Crippen molar-refractivity contribution in [3.05, 3.63) is 86.6 Å². The van der Waals surface area contributed by atoms with E-state index in [1.54, 1.807) is 14.0 Å². The summed E-state index contributed by atoms with van der Waals surface area (Å²) in [5, 5.41) is 7.78. The number of piperidine rings is 1. The van der Waals surface area contributed by atoms with Crippen LogP contribution in [0.25, 0.3) is 0 Å². The minimum atomic E-state index is -0.404. The molecule has 0 radical (unpaired) electrons. The lowest BCUT2D eigenvalue weighted by molar-refractivity contribution is 0.208. The van der Waals surface area contributed by atoms with Crippen LogP contribution < -0.4 is 21.3 Å². The number of hydrogen-bond donors (Lipinski definition) is 1. The Hall–Kier alpha value is -3.39. The number of nitrogens with one attached hydrogen (secondary N) is 1. The molecule has 8 nitrogen and oxygen atoms in total. The molecule has 0 saturated carbocycles. The number of hydrogen-bond acceptors (Lipinski definition) is 6. The van der Waals surface area contributed by atoms with Gasteiger partial charge < -0.3 is 10.1 Å². The third-order valence-electron chi connectivity index (χ3n) is 6.02. The SMILES string of the molecule is CCn1c(=O)c(N[C@@H]2CCCN(Cc3ccccc3)C2)nn(Cc2ccc(OC)cc2)c1=O. The number of aromatic nitrogens is 3. The fourth-order valence-electron chi connectivity index (χ4n) is 4.29. The second kappa shape index (κ2) is 10.5. The Morgan fingerprint density at radius 1 is 1.03 bits per heavy atom. The summed E-state index contributed by atoms with van der Waals surface area (Å²) in [5.41, 5.74) is 1.41. The van der Waals surface area contributed by atoms with Gasteiger partial charge in [-0.25, -0.2) is 9.48 Å². The van der Waals surface area contributed by atoms with E-state index in [1.165, 1.54) is 14.8 Å². The smallest absolute Gasteiger partial charge is 0.347 e. The first-order chi connectivity index (χ1) is 16.1. The van der Waals surface area contributed by atoms with Gasteiger partial charge in [0.2, 0.25) is 5.82 Å². The third kappa shape index (κ3) is 5.51. The monoisotopic (exact) mass is 449 g/mol. The van der Waals surface area contributed by atoms with Crippen LogP contribution in [-0.2, 0) is 19.6 Å². The highest BCUT2D eigenvalue weighted by molar-refractivity contribution is 5.32. The highest BCUT2D eigenvalue weighted by Gasteiger charge is 2.22. The van der Waals surface area contributed by atoms with E-state index in [0.29, 0.717) is 6.54 Å². The van der Waals surface area contributed by atoms with Gasteiger partial charge in [0.05, 0.1) is 13.7 Å². The van der Waals surface area contributed by atoms with Crippen LogP contribution >= 0.6 is 0 Å². The van der Waals surface area contributed by atoms with Crippen molar-refractivity contribution in [2.45, 2.75) is 45.4 Å². The summed E-state index contributed by atoms with van der Waals surface area (Å²) in [6.45, 7) is 5.09. The fourth-order valence-corrected chi connectivity index (χ4v) is 4.29. The second-order valence-corrected chi connectivity index (χ2v) is 8.39. The van der Waals surface area contributed by atoms with Crippen molar-refractivity contribution in [2.75, 3.05) is 25.5 Å². The van der Waals surface area contributed by atoms with Crippen LogP contribution in [-0.4, -0.2) is 45.5 Å². The molecule has 1 aliphatic heterocycles. The first-order valence-corrected chi connectivity index (χ1v) is 11.4. The highest BCUT2D eigenvalue weighted by atomic mass is 16.5. The third-order valence-corrected chi connectivity index (χ3v) is 6.02. The van der Waals surface area contributed by atoms with Gasteiger partial charge in [0.25, 0.3) is 5.56 Å². The summed E-state index contributed by atoms with van der Waals surface area (Å²) >= 11 is 0. The first kappa shape index (κ1) is 22.8. The Bertz CT molecular complexity index is 1170. The molecule has 1 aromatic heterocycles. The Balaban J connectivity index is 1.53. The molecule has 1 aliphatic rings. The summed E-state index contributed by atoms with van der Waals surface area (Å²) in [6, 6.07) is 18.0. The van der Waals surface area contributed by atoms with Crippen LogP contribution in [0.5, 0.6) is 5.75 Å². The molecule has 4 rings (SSSR count). The molecular weight excluding hydrogens is 418 g/mol. The van der Waals surface area contributed by atoms with Crippen LogP contribution in [0.1, 0.15) is 30.9 Å². The fraction of sp³-hybridized carbons (Fsp3) is 0.400. The van der Waals surface area contributed by atoms with Crippen molar-refractivity contribution < 1.29 is 4.74 Å². The minimum absolute atomic E-state index is 0.0971. The maximum atomic E-state index is 12.9. The van der Waals surface area contributed by atoms with Crippen LogP contribution in [0, 0.1) is 0 Å². The van der Waals surface area contributed by atoms with Gasteiger partial charge in [0.1, 0.15) is 5.75 Å². The predicted octanol–water partition coefficient (Wildman–Crippen LogP) is 2.56. The molecule has 0 amide bonds. The van der Waals surface area contributed by atoms with Gasteiger partial charge in [-0.15, -0.1) is 5.10 Å². The van der Waals surface area contributed by atoms with Gasteiger partial charge in [-0.05, 0) is 49.6 Å². The number of nitrogens with zero attached hydrogens (tertiary/aromatic N) is 4. The molecule has 2 heterocycles. The van der Waals surface area contributed by atoms with E-state index in [4.69, 9.17) is 4.74 Å². The zero-order chi connectivity index (χ0) is 23.2. The van der Waals surface area contributed by atoms with Gasteiger partial charge in [-0.2, -0.15) is 0 Å². The number of methoxy groups -OCH3 is 1. The summed E-state index contributed by atoms with van der Waals surface area (Å²) in [7, 11) is 1.61. The van der Waals surface area contributed by atoms with Crippen LogP contribution in [0.4, 0.5) is 5.82 Å². The molecule has 8 heteroatoms. The molecule has 3 aromatic rings. The molecule has 1 fully saturated rings. The van der Waals surface area contributed by atoms with Gasteiger partial charge >= 0.3 is 5.69 Å². The zero-order valence-corrected chi connectivity index (χ0v) is 19.2. The Morgan fingerprint density at radius 3 is 2.45 bits per heavy atom. The summed E-state index contributed by atoms with van der Waals surface area (Å²) in [5.74, 6) is 0.980. The lowest BCUT2D eigenvalue weighted by Crippen LogP contribution is -2.46. The zero-order valence-electron chi connectivity index (χ0n) is 19.2. The number of anilines is 1. The van der Waals surface area contributed by atoms with Crippen molar-refractivity contribution >= 4 is 5.82 Å². The summed E-state index contributed by atoms with van der Waals surface area (Å²) < 4.78 is 7.80. The van der Waals surface area contributed by atoms with Crippen molar-refractivity contribution in [3.8, 4) is 5.75 Å². The molecule has 2 aromatic carbocycles. The topological polar surface area (TPSA) is 81.4 Å². The van der Waals surface area contributed by atoms with E-state index in [0.717, 1.165) is 43.8 Å². The molecule has 1 saturated heterocycles. The molecule has 1 atom stereocenters. The number of ether oxygens (including phenoxy) is 1. The van der Waals surface area contributed by atoms with E-state index in [-0.39, 0.29) is 24.0 Å². The van der Waals surface area contributed by atoms with Crippen molar-refractivity contribution in [1.29, 1.82) is 0 Å². The maximum absolute atomic E-state index is 12.9. The average Bonchev–Trinajstić information content (AvgIpc) is 2.84. The largest absolute Gasteiger partial charge is 0.497 e. The van der Waals surface area contributed by atoms with E-state index in [1.807, 2.05) is 30.3 Å². The van der Waals surface area contributed by atoms with Crippen molar-refractivity contribution in [1.82, 2.24) is 19.2 Å². The standard InChI is InChI=1S/C25H31N5O3/c1-3-29-24(31)23(27-30(25(29)32)17-20-11-13-22(33-2)14-12-20)26-21-10-7-15-28(18-21)16-19-8-5-4-6-9-19/h4-6,8-9,11-14,21H,3,7,10,15-18H2,1-2H3,(H,26,27)/t21-/m1/s1. The minimum Gasteiger partial charge on any atom is -0.497 e. The Kier molecular flexibility index (Phi) is 7.24. The molecule has 0 unspecified atom stereocenters. The van der Waals surface area contributed by atoms with Gasteiger partial charge in [0, 0.05) is 25.7 Å². The van der Waals surface area contributed by atoms with Crippen LogP contribution in [0.2, 0.25) is 0 Å². The Labute approximate surface area is 193 Å². The predicted molar refractivity (Wildman–Crippen MR) is 129 cm³/mol. The molecule has 174 valence electrons. The quantitative estimate of drug-likeness (QED) is 0.569. The Morgan fingerprint density at radius 2 is 1.76 bits per heavy atom. The lowest BCUT2D eigenvalue weighted by atomic mass is 10.0. The molecule has 0 bridgehead atoms. The molecule has 0 aliphatic carbocycles. The molecule has 0 spiro atoms. The van der Waals surface area contributed by atoms with Gasteiger partial charge in [-0.3, -0.25) is 14.3 Å².